The lowest BCUT2D eigenvalue weighted by atomic mass is 10.1. The lowest BCUT2D eigenvalue weighted by Crippen LogP contribution is -2.09. The number of aliphatic imine (C=N–C) groups is 2. The van der Waals surface area contributed by atoms with Crippen molar-refractivity contribution in [1.29, 1.82) is 0 Å². The summed E-state index contributed by atoms with van der Waals surface area (Å²) in [7, 11) is 3.90. The number of hydrogen-bond donors (Lipinski definition) is 0. The van der Waals surface area contributed by atoms with Gasteiger partial charge in [0.2, 0.25) is 0 Å². The van der Waals surface area contributed by atoms with Crippen molar-refractivity contribution in [2.24, 2.45) is 9.98 Å². The zero-order chi connectivity index (χ0) is 9.97. The highest BCUT2D eigenvalue weighted by molar-refractivity contribution is 5.96. The molecule has 0 unspecified atom stereocenters. The van der Waals surface area contributed by atoms with Crippen molar-refractivity contribution in [3.63, 3.8) is 0 Å². The van der Waals surface area contributed by atoms with E-state index in [1.807, 2.05) is 37.2 Å². The van der Waals surface area contributed by atoms with Crippen molar-refractivity contribution in [1.82, 2.24) is 4.90 Å². The fraction of sp³-hybridized carbons (Fsp3) is 0.273. The van der Waals surface area contributed by atoms with E-state index < -0.39 is 0 Å². The minimum atomic E-state index is 0.848. The molecule has 0 atom stereocenters. The van der Waals surface area contributed by atoms with Crippen LogP contribution in [-0.2, 0) is 6.42 Å². The van der Waals surface area contributed by atoms with E-state index in [0.29, 0.717) is 0 Å². The fourth-order valence-corrected chi connectivity index (χ4v) is 1.37. The van der Waals surface area contributed by atoms with Crippen LogP contribution in [0.15, 0.2) is 34.3 Å². The molecule has 0 aromatic heterocycles. The van der Waals surface area contributed by atoms with Gasteiger partial charge in [0.05, 0.1) is 12.0 Å². The SMILES string of the molecule is CN(C)C=NC1=Nc2ccccc2C1. The second-order valence-corrected chi connectivity index (χ2v) is 3.54. The molecule has 3 nitrogen and oxygen atoms in total. The molecular formula is C11H13N3. The summed E-state index contributed by atoms with van der Waals surface area (Å²) in [5, 5.41) is 0. The van der Waals surface area contributed by atoms with Crippen molar-refractivity contribution in [3.8, 4) is 0 Å². The van der Waals surface area contributed by atoms with Gasteiger partial charge >= 0.3 is 0 Å². The molecule has 1 heterocycles. The highest BCUT2D eigenvalue weighted by Gasteiger charge is 2.11. The average molecular weight is 187 g/mol. The van der Waals surface area contributed by atoms with Gasteiger partial charge in [0.1, 0.15) is 5.84 Å². The van der Waals surface area contributed by atoms with Crippen molar-refractivity contribution >= 4 is 17.9 Å². The fourth-order valence-electron chi connectivity index (χ4n) is 1.37. The number of nitrogens with zero attached hydrogens (tertiary/aromatic N) is 3. The highest BCUT2D eigenvalue weighted by Crippen LogP contribution is 2.25. The standard InChI is InChI=1S/C11H13N3/c1-14(2)8-12-11-7-9-5-3-4-6-10(9)13-11/h3-6,8H,7H2,1-2H3. The van der Waals surface area contributed by atoms with Gasteiger partial charge in [-0.2, -0.15) is 0 Å². The van der Waals surface area contributed by atoms with Crippen LogP contribution in [0.1, 0.15) is 5.56 Å². The molecule has 1 aliphatic heterocycles. The van der Waals surface area contributed by atoms with Crippen molar-refractivity contribution in [2.45, 2.75) is 6.42 Å². The first kappa shape index (κ1) is 8.94. The molecule has 0 amide bonds. The molecule has 14 heavy (non-hydrogen) atoms. The first-order valence-corrected chi connectivity index (χ1v) is 4.62. The third-order valence-electron chi connectivity index (χ3n) is 2.03. The zero-order valence-electron chi connectivity index (χ0n) is 8.44. The largest absolute Gasteiger partial charge is 0.369 e. The Bertz CT molecular complexity index is 391. The quantitative estimate of drug-likeness (QED) is 0.487. The molecule has 0 N–H and O–H groups in total. The van der Waals surface area contributed by atoms with Gasteiger partial charge < -0.3 is 4.90 Å². The maximum Gasteiger partial charge on any atom is 0.135 e. The van der Waals surface area contributed by atoms with E-state index >= 15 is 0 Å². The van der Waals surface area contributed by atoms with Crippen LogP contribution in [0.5, 0.6) is 0 Å². The molecule has 2 rings (SSSR count). The summed E-state index contributed by atoms with van der Waals surface area (Å²) in [6, 6.07) is 8.15. The van der Waals surface area contributed by atoms with E-state index in [2.05, 4.69) is 16.1 Å². The first-order valence-electron chi connectivity index (χ1n) is 4.62. The molecule has 1 aliphatic rings. The monoisotopic (exact) mass is 187 g/mol. The van der Waals surface area contributed by atoms with E-state index in [9.17, 15) is 0 Å². The minimum absolute atomic E-state index is 0.848. The highest BCUT2D eigenvalue weighted by atomic mass is 15.1. The second-order valence-electron chi connectivity index (χ2n) is 3.54. The zero-order valence-corrected chi connectivity index (χ0v) is 8.44. The van der Waals surface area contributed by atoms with E-state index in [0.717, 1.165) is 17.9 Å². The summed E-state index contributed by atoms with van der Waals surface area (Å²) in [6.45, 7) is 0. The summed E-state index contributed by atoms with van der Waals surface area (Å²) in [4.78, 5) is 10.6. The summed E-state index contributed by atoms with van der Waals surface area (Å²) in [6.07, 6.45) is 2.63. The van der Waals surface area contributed by atoms with Crippen molar-refractivity contribution < 1.29 is 0 Å². The predicted octanol–water partition coefficient (Wildman–Crippen LogP) is 1.86. The minimum Gasteiger partial charge on any atom is -0.369 e. The Morgan fingerprint density at radius 2 is 2.14 bits per heavy atom. The molecule has 3 heteroatoms. The van der Waals surface area contributed by atoms with Crippen LogP contribution in [0.25, 0.3) is 0 Å². The van der Waals surface area contributed by atoms with Gasteiger partial charge in [-0.05, 0) is 11.6 Å². The van der Waals surface area contributed by atoms with Gasteiger partial charge in [-0.15, -0.1) is 0 Å². The van der Waals surface area contributed by atoms with Gasteiger partial charge in [-0.25, -0.2) is 9.98 Å². The molecule has 0 spiro atoms. The van der Waals surface area contributed by atoms with Gasteiger partial charge in [0.15, 0.2) is 0 Å². The number of amidine groups is 1. The molecule has 0 saturated heterocycles. The van der Waals surface area contributed by atoms with E-state index in [1.165, 1.54) is 5.56 Å². The third-order valence-corrected chi connectivity index (χ3v) is 2.03. The van der Waals surface area contributed by atoms with Crippen LogP contribution in [0.2, 0.25) is 0 Å². The Hall–Kier alpha value is -1.64. The topological polar surface area (TPSA) is 28.0 Å². The van der Waals surface area contributed by atoms with Crippen molar-refractivity contribution in [2.75, 3.05) is 14.1 Å². The molecule has 0 radical (unpaired) electrons. The summed E-state index contributed by atoms with van der Waals surface area (Å²) in [5.74, 6) is 0.889. The summed E-state index contributed by atoms with van der Waals surface area (Å²) >= 11 is 0. The molecule has 0 saturated carbocycles. The van der Waals surface area contributed by atoms with Crippen LogP contribution < -0.4 is 0 Å². The molecule has 1 aromatic carbocycles. The molecule has 0 bridgehead atoms. The van der Waals surface area contributed by atoms with Crippen LogP contribution in [0.3, 0.4) is 0 Å². The lowest BCUT2D eigenvalue weighted by molar-refractivity contribution is 0.644. The number of fused-ring (bicyclic) bond motifs is 1. The number of hydrogen-bond acceptors (Lipinski definition) is 2. The number of rotatable bonds is 1. The molecule has 72 valence electrons. The molecular weight excluding hydrogens is 174 g/mol. The summed E-state index contributed by atoms with van der Waals surface area (Å²) < 4.78 is 0. The second kappa shape index (κ2) is 3.62. The third kappa shape index (κ3) is 1.82. The molecule has 0 fully saturated rings. The van der Waals surface area contributed by atoms with Gasteiger partial charge in [-0.3, -0.25) is 0 Å². The van der Waals surface area contributed by atoms with E-state index in [1.54, 1.807) is 6.34 Å². The van der Waals surface area contributed by atoms with Crippen LogP contribution >= 0.6 is 0 Å². The van der Waals surface area contributed by atoms with E-state index in [-0.39, 0.29) is 0 Å². The lowest BCUT2D eigenvalue weighted by Gasteiger charge is -2.01. The normalized spacial score (nSPS) is 14.3. The molecule has 1 aromatic rings. The Kier molecular flexibility index (Phi) is 2.31. The maximum absolute atomic E-state index is 4.42. The predicted molar refractivity (Wildman–Crippen MR) is 59.4 cm³/mol. The van der Waals surface area contributed by atoms with Crippen LogP contribution in [0.4, 0.5) is 5.69 Å². The van der Waals surface area contributed by atoms with Crippen LogP contribution in [0, 0.1) is 0 Å². The Morgan fingerprint density at radius 3 is 2.86 bits per heavy atom. The smallest absolute Gasteiger partial charge is 0.135 e. The van der Waals surface area contributed by atoms with Crippen LogP contribution in [-0.4, -0.2) is 31.2 Å². The van der Waals surface area contributed by atoms with Crippen molar-refractivity contribution in [3.05, 3.63) is 29.8 Å². The average Bonchev–Trinajstić information content (AvgIpc) is 2.57. The molecule has 0 aliphatic carbocycles. The van der Waals surface area contributed by atoms with Gasteiger partial charge in [0.25, 0.3) is 0 Å². The summed E-state index contributed by atoms with van der Waals surface area (Å²) in [5.41, 5.74) is 2.32. The number of para-hydroxylation sites is 1. The Morgan fingerprint density at radius 1 is 1.36 bits per heavy atom. The Labute approximate surface area is 83.8 Å². The van der Waals surface area contributed by atoms with Gasteiger partial charge in [0, 0.05) is 20.5 Å². The first-order chi connectivity index (χ1) is 6.75. The van der Waals surface area contributed by atoms with E-state index in [4.69, 9.17) is 0 Å². The van der Waals surface area contributed by atoms with Gasteiger partial charge in [-0.1, -0.05) is 18.2 Å². The number of benzene rings is 1. The maximum atomic E-state index is 4.42. The Balaban J connectivity index is 2.16.